The van der Waals surface area contributed by atoms with E-state index in [-0.39, 0.29) is 7.11 Å². The number of aliphatic carboxylic acids is 1. The van der Waals surface area contributed by atoms with Crippen LogP contribution in [0.15, 0.2) is 0 Å². The van der Waals surface area contributed by atoms with E-state index in [0.29, 0.717) is 0 Å². The molecule has 0 fully saturated rings. The van der Waals surface area contributed by atoms with E-state index >= 15 is 0 Å². The monoisotopic (exact) mass is 404 g/mol. The van der Waals surface area contributed by atoms with Gasteiger partial charge in [-0.05, 0) is 0 Å². The first-order valence-corrected chi connectivity index (χ1v) is 5.26. The van der Waals surface area contributed by atoms with E-state index in [1.807, 2.05) is 0 Å². The predicted molar refractivity (Wildman–Crippen MR) is 49.3 cm³/mol. The van der Waals surface area contributed by atoms with Crippen molar-refractivity contribution < 1.29 is 72.1 Å². The Morgan fingerprint density at radius 3 is 1.16 bits per heavy atom. The van der Waals surface area contributed by atoms with Crippen molar-refractivity contribution in [1.82, 2.24) is 0 Å². The second kappa shape index (κ2) is 5.82. The third-order valence-corrected chi connectivity index (χ3v) is 2.68. The van der Waals surface area contributed by atoms with Crippen molar-refractivity contribution in [2.45, 2.75) is 35.5 Å². The Hall–Kier alpha value is -1.90. The SMILES string of the molecule is COC(=O)C(F)(F)C(F)(F)C(F)(F)C(F)(F)C(F)(F)C(F)(F)C(=O)O. The highest BCUT2D eigenvalue weighted by Crippen LogP contribution is 2.60. The summed E-state index contributed by atoms with van der Waals surface area (Å²) in [6.45, 7) is 0. The molecule has 0 spiro atoms. The van der Waals surface area contributed by atoms with Crippen LogP contribution in [0, 0.1) is 0 Å². The Kier molecular flexibility index (Phi) is 5.38. The summed E-state index contributed by atoms with van der Waals surface area (Å²) in [5.41, 5.74) is 0. The number of ether oxygens (including phenoxy) is 1. The quantitative estimate of drug-likeness (QED) is 0.524. The minimum Gasteiger partial charge on any atom is -0.477 e. The highest BCUT2D eigenvalue weighted by molar-refractivity contribution is 5.79. The summed E-state index contributed by atoms with van der Waals surface area (Å²) < 4.78 is 158. The predicted octanol–water partition coefficient (Wildman–Crippen LogP) is 3.06. The number of halogens is 12. The first kappa shape index (κ1) is 23.1. The molecule has 16 heteroatoms. The lowest BCUT2D eigenvalue weighted by atomic mass is 9.91. The molecule has 0 aliphatic carbocycles. The molecule has 0 aliphatic rings. The molecule has 0 aliphatic heterocycles. The number of rotatable bonds is 7. The fourth-order valence-electron chi connectivity index (χ4n) is 1.18. The lowest BCUT2D eigenvalue weighted by molar-refractivity contribution is -0.417. The summed E-state index contributed by atoms with van der Waals surface area (Å²) in [4.78, 5) is 20.2. The highest BCUT2D eigenvalue weighted by Gasteiger charge is 2.92. The molecule has 0 saturated heterocycles. The van der Waals surface area contributed by atoms with Crippen molar-refractivity contribution >= 4 is 11.9 Å². The van der Waals surface area contributed by atoms with E-state index in [0.717, 1.165) is 0 Å². The number of hydrogen-bond donors (Lipinski definition) is 1. The number of esters is 1. The summed E-state index contributed by atoms with van der Waals surface area (Å²) in [7, 11) is -0.101. The van der Waals surface area contributed by atoms with Gasteiger partial charge in [-0.3, -0.25) is 0 Å². The van der Waals surface area contributed by atoms with Gasteiger partial charge >= 0.3 is 47.5 Å². The van der Waals surface area contributed by atoms with E-state index in [4.69, 9.17) is 5.11 Å². The van der Waals surface area contributed by atoms with Gasteiger partial charge in [-0.1, -0.05) is 0 Å². The molecule has 0 amide bonds. The zero-order valence-electron chi connectivity index (χ0n) is 11.2. The third-order valence-electron chi connectivity index (χ3n) is 2.68. The molecule has 0 aromatic carbocycles. The fourth-order valence-corrected chi connectivity index (χ4v) is 1.18. The zero-order chi connectivity index (χ0) is 20.9. The van der Waals surface area contributed by atoms with Crippen molar-refractivity contribution in [3.8, 4) is 0 Å². The summed E-state index contributed by atoms with van der Waals surface area (Å²) in [5, 5.41) is 7.68. The Morgan fingerprint density at radius 1 is 0.640 bits per heavy atom. The van der Waals surface area contributed by atoms with Gasteiger partial charge < -0.3 is 9.84 Å². The van der Waals surface area contributed by atoms with Crippen LogP contribution in [-0.2, 0) is 14.3 Å². The number of carboxylic acid groups (broad SMARTS) is 1. The maximum atomic E-state index is 13.1. The van der Waals surface area contributed by atoms with Crippen LogP contribution in [0.2, 0.25) is 0 Å². The second-order valence-electron chi connectivity index (χ2n) is 4.24. The topological polar surface area (TPSA) is 63.6 Å². The third kappa shape index (κ3) is 2.74. The summed E-state index contributed by atoms with van der Waals surface area (Å²) >= 11 is 0. The van der Waals surface area contributed by atoms with Crippen molar-refractivity contribution in [2.24, 2.45) is 0 Å². The van der Waals surface area contributed by atoms with Crippen LogP contribution >= 0.6 is 0 Å². The molecule has 0 radical (unpaired) electrons. The van der Waals surface area contributed by atoms with Crippen LogP contribution in [-0.4, -0.2) is 59.7 Å². The Bertz CT molecular complexity index is 555. The van der Waals surface area contributed by atoms with Crippen molar-refractivity contribution in [3.63, 3.8) is 0 Å². The van der Waals surface area contributed by atoms with Gasteiger partial charge in [-0.15, -0.1) is 0 Å². The van der Waals surface area contributed by atoms with Crippen LogP contribution in [0.1, 0.15) is 0 Å². The first-order valence-electron chi connectivity index (χ1n) is 5.26. The largest absolute Gasteiger partial charge is 0.477 e. The number of carbonyl (C=O) groups is 2. The molecule has 148 valence electrons. The smallest absolute Gasteiger partial charge is 0.410 e. The number of alkyl halides is 12. The van der Waals surface area contributed by atoms with Crippen molar-refractivity contribution in [3.05, 3.63) is 0 Å². The van der Waals surface area contributed by atoms with Crippen LogP contribution in [0.3, 0.4) is 0 Å². The molecule has 0 unspecified atom stereocenters. The zero-order valence-corrected chi connectivity index (χ0v) is 11.2. The van der Waals surface area contributed by atoms with E-state index in [2.05, 4.69) is 4.74 Å². The number of carbonyl (C=O) groups excluding carboxylic acids is 1. The van der Waals surface area contributed by atoms with Gasteiger partial charge in [0.05, 0.1) is 7.11 Å². The minimum absolute atomic E-state index is 0.101. The second-order valence-corrected chi connectivity index (χ2v) is 4.24. The van der Waals surface area contributed by atoms with E-state index < -0.39 is 47.5 Å². The lowest BCUT2D eigenvalue weighted by Crippen LogP contribution is -2.72. The first-order chi connectivity index (χ1) is 10.7. The Morgan fingerprint density at radius 2 is 0.920 bits per heavy atom. The van der Waals surface area contributed by atoms with Crippen molar-refractivity contribution in [2.75, 3.05) is 7.11 Å². The summed E-state index contributed by atoms with van der Waals surface area (Å²) in [6.07, 6.45) is 0. The van der Waals surface area contributed by atoms with Gasteiger partial charge in [0.2, 0.25) is 0 Å². The fraction of sp³-hybridized carbons (Fsp3) is 0.778. The van der Waals surface area contributed by atoms with Gasteiger partial charge in [0.25, 0.3) is 0 Å². The minimum atomic E-state index is -8.05. The molecule has 0 saturated carbocycles. The molecule has 0 aromatic heterocycles. The van der Waals surface area contributed by atoms with Crippen molar-refractivity contribution in [1.29, 1.82) is 0 Å². The average molecular weight is 404 g/mol. The van der Waals surface area contributed by atoms with Crippen LogP contribution < -0.4 is 0 Å². The number of hydrogen-bond acceptors (Lipinski definition) is 3. The standard InChI is InChI=1S/C9H4F12O4/c1-25-3(24)5(12,13)7(16,17)9(20,21)8(18,19)6(14,15)4(10,11)2(22)23/h1H3,(H,22,23). The molecule has 4 nitrogen and oxygen atoms in total. The lowest BCUT2D eigenvalue weighted by Gasteiger charge is -2.39. The van der Waals surface area contributed by atoms with E-state index in [1.165, 1.54) is 0 Å². The molecule has 1 N–H and O–H groups in total. The van der Waals surface area contributed by atoms with Gasteiger partial charge in [-0.25, -0.2) is 9.59 Å². The number of methoxy groups -OCH3 is 1. The number of carboxylic acids is 1. The maximum absolute atomic E-state index is 13.1. The van der Waals surface area contributed by atoms with Crippen LogP contribution in [0.25, 0.3) is 0 Å². The Balaban J connectivity index is 6.49. The molecule has 25 heavy (non-hydrogen) atoms. The maximum Gasteiger partial charge on any atom is 0.410 e. The summed E-state index contributed by atoms with van der Waals surface area (Å²) in [5.74, 6) is -53.2. The normalized spacial score (nSPS) is 15.1. The van der Waals surface area contributed by atoms with E-state index in [1.54, 1.807) is 0 Å². The molecule has 0 aromatic rings. The average Bonchev–Trinajstić information content (AvgIpc) is 2.44. The molecule has 0 atom stereocenters. The molecule has 0 bridgehead atoms. The van der Waals surface area contributed by atoms with Crippen LogP contribution in [0.4, 0.5) is 52.7 Å². The van der Waals surface area contributed by atoms with E-state index in [9.17, 15) is 62.3 Å². The Labute approximate surface area is 128 Å². The highest BCUT2D eigenvalue weighted by atomic mass is 19.4. The van der Waals surface area contributed by atoms with Gasteiger partial charge in [0, 0.05) is 0 Å². The molecular formula is C9H4F12O4. The van der Waals surface area contributed by atoms with Gasteiger partial charge in [-0.2, -0.15) is 52.7 Å². The molecular weight excluding hydrogens is 400 g/mol. The molecule has 0 rings (SSSR count). The summed E-state index contributed by atoms with van der Waals surface area (Å²) in [6, 6.07) is 0. The van der Waals surface area contributed by atoms with Gasteiger partial charge in [0.1, 0.15) is 0 Å². The van der Waals surface area contributed by atoms with Gasteiger partial charge in [0.15, 0.2) is 0 Å². The van der Waals surface area contributed by atoms with Crippen LogP contribution in [0.5, 0.6) is 0 Å². The molecule has 0 heterocycles.